The van der Waals surface area contributed by atoms with Crippen LogP contribution in [0.2, 0.25) is 0 Å². The van der Waals surface area contributed by atoms with Crippen molar-refractivity contribution in [3.8, 4) is 11.8 Å². The van der Waals surface area contributed by atoms with E-state index >= 15 is 0 Å². The van der Waals surface area contributed by atoms with Crippen LogP contribution in [-0.4, -0.2) is 18.9 Å². The fourth-order valence-corrected chi connectivity index (χ4v) is 1.66. The quantitative estimate of drug-likeness (QED) is 0.271. The van der Waals surface area contributed by atoms with Crippen LogP contribution in [0.3, 0.4) is 0 Å². The minimum Gasteiger partial charge on any atom is -0.334 e. The number of alkyl halides is 1. The first-order valence-electron chi connectivity index (χ1n) is 6.47. The van der Waals surface area contributed by atoms with E-state index in [9.17, 15) is 0 Å². The zero-order valence-corrected chi connectivity index (χ0v) is 12.9. The first-order valence-corrected chi connectivity index (χ1v) is 7.27. The highest BCUT2D eigenvalue weighted by Crippen LogP contribution is 2.18. The third-order valence-electron chi connectivity index (χ3n) is 2.67. The summed E-state index contributed by atoms with van der Waals surface area (Å²) in [6.07, 6.45) is 10.1. The van der Waals surface area contributed by atoms with Crippen molar-refractivity contribution in [2.24, 2.45) is 0 Å². The van der Waals surface area contributed by atoms with E-state index in [1.165, 1.54) is 38.5 Å². The summed E-state index contributed by atoms with van der Waals surface area (Å²) in [4.78, 5) is 0. The first kappa shape index (κ1) is 17.0. The fraction of sp³-hybridized carbons (Fsp3) is 0.857. The van der Waals surface area contributed by atoms with Gasteiger partial charge in [0, 0.05) is 20.6 Å². The zero-order valence-electron chi connectivity index (χ0n) is 11.4. The Morgan fingerprint density at radius 3 is 2.00 bits per heavy atom. The molecule has 100 valence electrons. The van der Waals surface area contributed by atoms with E-state index in [0.29, 0.717) is 0 Å². The molecule has 0 unspecified atom stereocenters. The van der Waals surface area contributed by atoms with Gasteiger partial charge in [0.05, 0.1) is 0 Å². The maximum absolute atomic E-state index is 5.08. The highest BCUT2D eigenvalue weighted by molar-refractivity contribution is 9.10. The lowest BCUT2D eigenvalue weighted by Crippen LogP contribution is -2.22. The highest BCUT2D eigenvalue weighted by Gasteiger charge is 2.21. The average Bonchev–Trinajstić information content (AvgIpc) is 2.36. The van der Waals surface area contributed by atoms with Gasteiger partial charge in [-0.15, -0.1) is 0 Å². The predicted molar refractivity (Wildman–Crippen MR) is 76.1 cm³/mol. The number of halogens is 1. The van der Waals surface area contributed by atoms with Gasteiger partial charge in [-0.3, -0.25) is 0 Å². The molecule has 0 rings (SSSR count). The van der Waals surface area contributed by atoms with Crippen molar-refractivity contribution < 1.29 is 9.47 Å². The van der Waals surface area contributed by atoms with Crippen LogP contribution in [0.1, 0.15) is 58.3 Å². The fourth-order valence-electron chi connectivity index (χ4n) is 1.52. The number of hydrogen-bond donors (Lipinski definition) is 0. The van der Waals surface area contributed by atoms with Crippen LogP contribution < -0.4 is 0 Å². The third-order valence-corrected chi connectivity index (χ3v) is 3.51. The van der Waals surface area contributed by atoms with Crippen LogP contribution in [0.5, 0.6) is 0 Å². The molecule has 0 aliphatic carbocycles. The van der Waals surface area contributed by atoms with Gasteiger partial charge in [0.25, 0.3) is 4.70 Å². The zero-order chi connectivity index (χ0) is 13.0. The largest absolute Gasteiger partial charge is 0.334 e. The summed E-state index contributed by atoms with van der Waals surface area (Å²) >= 11 is 3.28. The van der Waals surface area contributed by atoms with Crippen LogP contribution in [0.4, 0.5) is 0 Å². The lowest BCUT2D eigenvalue weighted by atomic mass is 10.1. The number of unbranched alkanes of at least 4 members (excludes halogenated alkanes) is 7. The van der Waals surface area contributed by atoms with E-state index in [4.69, 9.17) is 9.47 Å². The molecular weight excluding hydrogens is 280 g/mol. The Bertz CT molecular complexity index is 226. The van der Waals surface area contributed by atoms with Crippen molar-refractivity contribution in [3.05, 3.63) is 0 Å². The summed E-state index contributed by atoms with van der Waals surface area (Å²) in [6.45, 7) is 2.24. The summed E-state index contributed by atoms with van der Waals surface area (Å²) in [5.41, 5.74) is 0. The smallest absolute Gasteiger partial charge is 0.292 e. The highest BCUT2D eigenvalue weighted by atomic mass is 79.9. The van der Waals surface area contributed by atoms with Gasteiger partial charge in [0.2, 0.25) is 0 Å². The molecule has 0 saturated heterocycles. The molecule has 0 aromatic rings. The molecule has 0 aliphatic rings. The molecule has 0 saturated carbocycles. The van der Waals surface area contributed by atoms with Gasteiger partial charge in [-0.1, -0.05) is 51.4 Å². The van der Waals surface area contributed by atoms with Gasteiger partial charge in [-0.2, -0.15) is 0 Å². The molecule has 0 amide bonds. The van der Waals surface area contributed by atoms with Crippen LogP contribution in [-0.2, 0) is 9.47 Å². The van der Waals surface area contributed by atoms with Crippen molar-refractivity contribution >= 4 is 15.9 Å². The normalized spacial score (nSPS) is 11.1. The second-order valence-electron chi connectivity index (χ2n) is 4.12. The Balaban J connectivity index is 3.48. The van der Waals surface area contributed by atoms with Crippen LogP contribution in [0.15, 0.2) is 0 Å². The number of methoxy groups -OCH3 is 2. The molecule has 0 aliphatic heterocycles. The van der Waals surface area contributed by atoms with Crippen molar-refractivity contribution in [1.82, 2.24) is 0 Å². The molecule has 0 bridgehead atoms. The van der Waals surface area contributed by atoms with Crippen LogP contribution in [0, 0.1) is 11.8 Å². The van der Waals surface area contributed by atoms with Crippen molar-refractivity contribution in [3.63, 3.8) is 0 Å². The van der Waals surface area contributed by atoms with E-state index < -0.39 is 4.70 Å². The van der Waals surface area contributed by atoms with Gasteiger partial charge in [-0.25, -0.2) is 0 Å². The van der Waals surface area contributed by atoms with Gasteiger partial charge in [0.1, 0.15) is 0 Å². The van der Waals surface area contributed by atoms with E-state index in [1.54, 1.807) is 14.2 Å². The molecule has 17 heavy (non-hydrogen) atoms. The van der Waals surface area contributed by atoms with E-state index in [-0.39, 0.29) is 0 Å². The van der Waals surface area contributed by atoms with Crippen LogP contribution in [0.25, 0.3) is 0 Å². The maximum atomic E-state index is 5.08. The Hall–Kier alpha value is -0.0400. The second kappa shape index (κ2) is 11.1. The molecule has 0 N–H and O–H groups in total. The van der Waals surface area contributed by atoms with Gasteiger partial charge >= 0.3 is 0 Å². The average molecular weight is 305 g/mol. The standard InChI is InChI=1S/C14H25BrO2/c1-4-5-6-7-8-9-10-11-12-13-14(15,16-2)17-3/h4-11H2,1-3H3. The third kappa shape index (κ3) is 9.64. The molecule has 0 radical (unpaired) electrons. The van der Waals surface area contributed by atoms with Gasteiger partial charge in [-0.05, 0) is 28.3 Å². The molecule has 0 atom stereocenters. The summed E-state index contributed by atoms with van der Waals surface area (Å²) in [5.74, 6) is 6.01. The Morgan fingerprint density at radius 1 is 0.941 bits per heavy atom. The molecule has 0 fully saturated rings. The minimum absolute atomic E-state index is 0.911. The topological polar surface area (TPSA) is 18.5 Å². The van der Waals surface area contributed by atoms with Crippen molar-refractivity contribution in [2.75, 3.05) is 14.2 Å². The lowest BCUT2D eigenvalue weighted by Gasteiger charge is -2.16. The summed E-state index contributed by atoms with van der Waals surface area (Å²) in [6, 6.07) is 0. The number of rotatable bonds is 9. The molecule has 0 aromatic carbocycles. The molecule has 0 heterocycles. The Labute approximate surface area is 115 Å². The van der Waals surface area contributed by atoms with Crippen molar-refractivity contribution in [2.45, 2.75) is 63.0 Å². The lowest BCUT2D eigenvalue weighted by molar-refractivity contribution is -0.0838. The van der Waals surface area contributed by atoms with Gasteiger partial charge < -0.3 is 9.47 Å². The van der Waals surface area contributed by atoms with Crippen LogP contribution >= 0.6 is 15.9 Å². The number of ether oxygens (including phenoxy) is 2. The molecule has 0 spiro atoms. The molecule has 3 heteroatoms. The van der Waals surface area contributed by atoms with E-state index in [1.807, 2.05) is 0 Å². The van der Waals surface area contributed by atoms with Gasteiger partial charge in [0.15, 0.2) is 0 Å². The summed E-state index contributed by atoms with van der Waals surface area (Å²) < 4.78 is 9.24. The Kier molecular flexibility index (Phi) is 11.0. The SMILES string of the molecule is CCCCCCCCCC#CC(Br)(OC)OC. The van der Waals surface area contributed by atoms with E-state index in [0.717, 1.165) is 12.8 Å². The summed E-state index contributed by atoms with van der Waals surface area (Å²) in [7, 11) is 3.14. The Morgan fingerprint density at radius 2 is 1.47 bits per heavy atom. The van der Waals surface area contributed by atoms with E-state index in [2.05, 4.69) is 34.7 Å². The molecule has 2 nitrogen and oxygen atoms in total. The molecular formula is C14H25BrO2. The monoisotopic (exact) mass is 304 g/mol. The number of hydrogen-bond acceptors (Lipinski definition) is 2. The minimum atomic E-state index is -0.922. The van der Waals surface area contributed by atoms with Crippen molar-refractivity contribution in [1.29, 1.82) is 0 Å². The summed E-state index contributed by atoms with van der Waals surface area (Å²) in [5, 5.41) is 0. The predicted octanol–water partition coefficient (Wildman–Crippen LogP) is 4.47. The second-order valence-corrected chi connectivity index (χ2v) is 5.16. The maximum Gasteiger partial charge on any atom is 0.292 e. The first-order chi connectivity index (χ1) is 8.18. The molecule has 0 aromatic heterocycles.